The summed E-state index contributed by atoms with van der Waals surface area (Å²) in [5.41, 5.74) is 2.61. The maximum atomic E-state index is 13.2. The zero-order valence-corrected chi connectivity index (χ0v) is 16.7. The van der Waals surface area contributed by atoms with Crippen LogP contribution < -0.4 is 4.90 Å². The molecule has 1 aliphatic heterocycles. The third kappa shape index (κ3) is 3.02. The van der Waals surface area contributed by atoms with Crippen molar-refractivity contribution in [2.24, 2.45) is 0 Å². The summed E-state index contributed by atoms with van der Waals surface area (Å²) in [5.74, 6) is 0.854. The molecule has 4 aromatic rings. The van der Waals surface area contributed by atoms with Gasteiger partial charge in [0.25, 0.3) is 0 Å². The van der Waals surface area contributed by atoms with Crippen molar-refractivity contribution in [2.75, 3.05) is 31.1 Å². The summed E-state index contributed by atoms with van der Waals surface area (Å²) in [6.07, 6.45) is 4.73. The standard InChI is InChI=1S/C20H20N6O2S/c1-14-4-5-17-16(11-14)20(24-13-23-17)25-7-9-26(10-8-25)29(27,28)18-12-22-19-15(18)3-2-6-21-19/h2-6,11-13H,7-10H2,1H3,(H,21,22). The Labute approximate surface area is 168 Å². The Balaban J connectivity index is 1.41. The normalized spacial score (nSPS) is 16.0. The van der Waals surface area contributed by atoms with Crippen molar-refractivity contribution in [2.45, 2.75) is 11.8 Å². The first-order chi connectivity index (χ1) is 14.0. The minimum Gasteiger partial charge on any atom is -0.353 e. The number of hydrogen-bond donors (Lipinski definition) is 1. The van der Waals surface area contributed by atoms with Crippen molar-refractivity contribution in [3.05, 3.63) is 54.6 Å². The second-order valence-electron chi connectivity index (χ2n) is 7.16. The van der Waals surface area contributed by atoms with E-state index in [0.29, 0.717) is 37.2 Å². The molecule has 0 saturated carbocycles. The van der Waals surface area contributed by atoms with Crippen molar-refractivity contribution in [3.63, 3.8) is 0 Å². The number of aryl methyl sites for hydroxylation is 1. The lowest BCUT2D eigenvalue weighted by atomic mass is 10.1. The zero-order chi connectivity index (χ0) is 20.0. The predicted molar refractivity (Wildman–Crippen MR) is 111 cm³/mol. The first-order valence-corrected chi connectivity index (χ1v) is 10.9. The lowest BCUT2D eigenvalue weighted by molar-refractivity contribution is 0.384. The van der Waals surface area contributed by atoms with Crippen LogP contribution >= 0.6 is 0 Å². The van der Waals surface area contributed by atoms with E-state index in [9.17, 15) is 8.42 Å². The van der Waals surface area contributed by atoms with Gasteiger partial charge in [0.05, 0.1) is 5.52 Å². The highest BCUT2D eigenvalue weighted by Crippen LogP contribution is 2.28. The quantitative estimate of drug-likeness (QED) is 0.559. The monoisotopic (exact) mass is 408 g/mol. The fourth-order valence-corrected chi connectivity index (χ4v) is 5.41. The minimum atomic E-state index is -3.60. The van der Waals surface area contributed by atoms with Gasteiger partial charge >= 0.3 is 0 Å². The number of sulfonamides is 1. The van der Waals surface area contributed by atoms with Gasteiger partial charge in [-0.15, -0.1) is 0 Å². The highest BCUT2D eigenvalue weighted by molar-refractivity contribution is 7.89. The Hall–Kier alpha value is -3.04. The molecule has 29 heavy (non-hydrogen) atoms. The molecule has 0 bridgehead atoms. The number of aromatic nitrogens is 4. The molecule has 4 heterocycles. The van der Waals surface area contributed by atoms with Crippen molar-refractivity contribution in [3.8, 4) is 0 Å². The van der Waals surface area contributed by atoms with Crippen LogP contribution in [0, 0.1) is 6.92 Å². The Morgan fingerprint density at radius 1 is 1.00 bits per heavy atom. The molecule has 1 fully saturated rings. The van der Waals surface area contributed by atoms with Gasteiger partial charge in [-0.2, -0.15) is 4.31 Å². The molecule has 8 nitrogen and oxygen atoms in total. The second kappa shape index (κ2) is 6.78. The van der Waals surface area contributed by atoms with Crippen LogP contribution in [0.1, 0.15) is 5.56 Å². The number of aromatic amines is 1. The molecule has 9 heteroatoms. The Bertz CT molecular complexity index is 1310. The van der Waals surface area contributed by atoms with Gasteiger partial charge < -0.3 is 9.88 Å². The van der Waals surface area contributed by atoms with E-state index in [2.05, 4.69) is 30.9 Å². The van der Waals surface area contributed by atoms with Crippen LogP contribution in [0.15, 0.2) is 53.9 Å². The molecule has 5 rings (SSSR count). The van der Waals surface area contributed by atoms with Crippen molar-refractivity contribution in [1.82, 2.24) is 24.2 Å². The van der Waals surface area contributed by atoms with Crippen LogP contribution in [0.4, 0.5) is 5.82 Å². The van der Waals surface area contributed by atoms with Crippen molar-refractivity contribution < 1.29 is 8.42 Å². The van der Waals surface area contributed by atoms with Gasteiger partial charge in [0.1, 0.15) is 22.7 Å². The SMILES string of the molecule is Cc1ccc2ncnc(N3CCN(S(=O)(=O)c4c[nH]c5ncccc45)CC3)c2c1. The van der Waals surface area contributed by atoms with Gasteiger partial charge in [-0.1, -0.05) is 11.6 Å². The summed E-state index contributed by atoms with van der Waals surface area (Å²) in [6, 6.07) is 9.61. The zero-order valence-electron chi connectivity index (χ0n) is 15.9. The van der Waals surface area contributed by atoms with Crippen LogP contribution in [0.5, 0.6) is 0 Å². The van der Waals surface area contributed by atoms with Crippen LogP contribution in [0.25, 0.3) is 21.9 Å². The van der Waals surface area contributed by atoms with Crippen molar-refractivity contribution in [1.29, 1.82) is 0 Å². The largest absolute Gasteiger partial charge is 0.353 e. The third-order valence-electron chi connectivity index (χ3n) is 5.34. The molecule has 0 atom stereocenters. The van der Waals surface area contributed by atoms with Gasteiger partial charge in [-0.3, -0.25) is 0 Å². The second-order valence-corrected chi connectivity index (χ2v) is 9.07. The van der Waals surface area contributed by atoms with E-state index in [1.165, 1.54) is 10.5 Å². The van der Waals surface area contributed by atoms with E-state index in [0.717, 1.165) is 22.3 Å². The molecule has 1 saturated heterocycles. The van der Waals surface area contributed by atoms with Crippen molar-refractivity contribution >= 4 is 37.8 Å². The van der Waals surface area contributed by atoms with E-state index in [4.69, 9.17) is 0 Å². The topological polar surface area (TPSA) is 95.1 Å². The molecule has 148 valence electrons. The molecular weight excluding hydrogens is 388 g/mol. The summed E-state index contributed by atoms with van der Waals surface area (Å²) in [5, 5.41) is 1.61. The van der Waals surface area contributed by atoms with Crippen LogP contribution in [0.3, 0.4) is 0 Å². The number of nitrogens with one attached hydrogen (secondary N) is 1. The summed E-state index contributed by atoms with van der Waals surface area (Å²) >= 11 is 0. The molecule has 0 aliphatic carbocycles. The average Bonchev–Trinajstić information content (AvgIpc) is 3.18. The highest BCUT2D eigenvalue weighted by Gasteiger charge is 2.31. The van der Waals surface area contributed by atoms with E-state index < -0.39 is 10.0 Å². The van der Waals surface area contributed by atoms with Gasteiger partial charge in [0, 0.05) is 49.3 Å². The van der Waals surface area contributed by atoms with Gasteiger partial charge in [0.15, 0.2) is 0 Å². The van der Waals surface area contributed by atoms with E-state index >= 15 is 0 Å². The Kier molecular flexibility index (Phi) is 4.21. The van der Waals surface area contributed by atoms with Gasteiger partial charge in [0.2, 0.25) is 10.0 Å². The van der Waals surface area contributed by atoms with Crippen LogP contribution in [0.2, 0.25) is 0 Å². The van der Waals surface area contributed by atoms with Gasteiger partial charge in [-0.05, 0) is 31.2 Å². The number of pyridine rings is 1. The average molecular weight is 408 g/mol. The maximum absolute atomic E-state index is 13.2. The number of hydrogen-bond acceptors (Lipinski definition) is 6. The molecule has 0 unspecified atom stereocenters. The fraction of sp³-hybridized carbons (Fsp3) is 0.250. The number of fused-ring (bicyclic) bond motifs is 2. The number of benzene rings is 1. The fourth-order valence-electron chi connectivity index (χ4n) is 3.83. The highest BCUT2D eigenvalue weighted by atomic mass is 32.2. The number of H-pyrrole nitrogens is 1. The maximum Gasteiger partial charge on any atom is 0.245 e. The third-order valence-corrected chi connectivity index (χ3v) is 7.28. The predicted octanol–water partition coefficient (Wildman–Crippen LogP) is 2.33. The smallest absolute Gasteiger partial charge is 0.245 e. The molecular formula is C20H20N6O2S. The van der Waals surface area contributed by atoms with E-state index in [-0.39, 0.29) is 4.90 Å². The lowest BCUT2D eigenvalue weighted by Crippen LogP contribution is -2.49. The minimum absolute atomic E-state index is 0.275. The van der Waals surface area contributed by atoms with Gasteiger partial charge in [-0.25, -0.2) is 23.4 Å². The van der Waals surface area contributed by atoms with E-state index in [1.54, 1.807) is 24.7 Å². The molecule has 3 aromatic heterocycles. The first-order valence-electron chi connectivity index (χ1n) is 9.42. The first kappa shape index (κ1) is 18.0. The Morgan fingerprint density at radius 3 is 2.66 bits per heavy atom. The number of anilines is 1. The Morgan fingerprint density at radius 2 is 1.83 bits per heavy atom. The molecule has 1 aromatic carbocycles. The molecule has 0 spiro atoms. The van der Waals surface area contributed by atoms with E-state index in [1.807, 2.05) is 19.1 Å². The summed E-state index contributed by atoms with van der Waals surface area (Å²) in [4.78, 5) is 18.4. The number of nitrogens with zero attached hydrogens (tertiary/aromatic N) is 5. The number of rotatable bonds is 3. The molecule has 1 N–H and O–H groups in total. The summed E-state index contributed by atoms with van der Waals surface area (Å²) < 4.78 is 27.9. The summed E-state index contributed by atoms with van der Waals surface area (Å²) in [7, 11) is -3.60. The molecule has 0 amide bonds. The lowest BCUT2D eigenvalue weighted by Gasteiger charge is -2.35. The van der Waals surface area contributed by atoms with Crippen LogP contribution in [-0.2, 0) is 10.0 Å². The summed E-state index contributed by atoms with van der Waals surface area (Å²) in [6.45, 7) is 3.97. The molecule has 1 aliphatic rings. The van der Waals surface area contributed by atoms with Crippen LogP contribution in [-0.4, -0.2) is 58.8 Å². The number of piperazine rings is 1. The molecule has 0 radical (unpaired) electrons.